The highest BCUT2D eigenvalue weighted by Crippen LogP contribution is 2.33. The number of benzene rings is 6. The van der Waals surface area contributed by atoms with Crippen LogP contribution >= 0.6 is 0 Å². The Morgan fingerprint density at radius 1 is 0.188 bits per heavy atom. The minimum Gasteiger partial charge on any atom is -0.248 e. The van der Waals surface area contributed by atoms with Crippen LogP contribution in [0.4, 0.5) is 0 Å². The predicted molar refractivity (Wildman–Crippen MR) is 200 cm³/mol. The van der Waals surface area contributed by atoms with E-state index in [4.69, 9.17) is 9.97 Å². The van der Waals surface area contributed by atoms with E-state index in [0.717, 1.165) is 67.3 Å². The lowest BCUT2D eigenvalue weighted by molar-refractivity contribution is 1.32. The number of nitrogens with zero attached hydrogens (tertiary/aromatic N) is 2. The van der Waals surface area contributed by atoms with E-state index < -0.39 is 0 Å². The number of pyridine rings is 2. The zero-order chi connectivity index (χ0) is 32.1. The van der Waals surface area contributed by atoms with Crippen LogP contribution in [0.3, 0.4) is 0 Å². The standard InChI is InChI=1S/C46H32N2/c1-5-13-33(14-6-1)41-29-43(37-17-9-3-10-18-37)47-45(31-41)39-25-21-35(22-26-39)36-23-27-40(28-24-36)46-32-42(34-15-7-2-8-16-34)30-44(48-46)38-19-11-4-12-20-38/h1-32H. The van der Waals surface area contributed by atoms with Crippen LogP contribution in [0.1, 0.15) is 0 Å². The minimum atomic E-state index is 0.954. The third kappa shape index (κ3) is 6.20. The summed E-state index contributed by atoms with van der Waals surface area (Å²) in [7, 11) is 0. The van der Waals surface area contributed by atoms with E-state index in [1.165, 1.54) is 11.1 Å². The third-order valence-corrected chi connectivity index (χ3v) is 8.70. The van der Waals surface area contributed by atoms with Crippen molar-refractivity contribution in [2.45, 2.75) is 0 Å². The highest BCUT2D eigenvalue weighted by atomic mass is 14.7. The van der Waals surface area contributed by atoms with Crippen LogP contribution in [0.25, 0.3) is 78.4 Å². The summed E-state index contributed by atoms with van der Waals surface area (Å²) < 4.78 is 0. The van der Waals surface area contributed by atoms with Gasteiger partial charge in [0.1, 0.15) is 0 Å². The zero-order valence-corrected chi connectivity index (χ0v) is 26.4. The van der Waals surface area contributed by atoms with Crippen molar-refractivity contribution < 1.29 is 0 Å². The Morgan fingerprint density at radius 2 is 0.396 bits per heavy atom. The van der Waals surface area contributed by atoms with Gasteiger partial charge in [-0.05, 0) is 57.6 Å². The molecule has 0 saturated heterocycles. The molecule has 2 nitrogen and oxygen atoms in total. The fourth-order valence-corrected chi connectivity index (χ4v) is 6.13. The maximum atomic E-state index is 5.10. The fourth-order valence-electron chi connectivity index (χ4n) is 6.13. The first-order chi connectivity index (χ1) is 23.8. The lowest BCUT2D eigenvalue weighted by Crippen LogP contribution is -1.92. The summed E-state index contributed by atoms with van der Waals surface area (Å²) in [6.07, 6.45) is 0. The van der Waals surface area contributed by atoms with Crippen molar-refractivity contribution in [1.82, 2.24) is 9.97 Å². The summed E-state index contributed by atoms with van der Waals surface area (Å²) in [6.45, 7) is 0. The second-order valence-electron chi connectivity index (χ2n) is 11.9. The Kier molecular flexibility index (Phi) is 7.96. The summed E-state index contributed by atoms with van der Waals surface area (Å²) in [5, 5.41) is 0. The maximum Gasteiger partial charge on any atom is 0.0715 e. The smallest absolute Gasteiger partial charge is 0.0715 e. The SMILES string of the molecule is c1ccc(-c2cc(-c3ccccc3)nc(-c3ccc(-c4ccc(-c5cc(-c6ccccc6)cc(-c6ccccc6)n5)cc4)cc3)c2)cc1. The molecule has 0 N–H and O–H groups in total. The van der Waals surface area contributed by atoms with Crippen LogP contribution in [0.15, 0.2) is 194 Å². The highest BCUT2D eigenvalue weighted by molar-refractivity contribution is 5.80. The van der Waals surface area contributed by atoms with E-state index in [1.54, 1.807) is 0 Å². The molecular weight excluding hydrogens is 581 g/mol. The Labute approximate surface area is 281 Å². The van der Waals surface area contributed by atoms with Crippen molar-refractivity contribution in [3.63, 3.8) is 0 Å². The van der Waals surface area contributed by atoms with Crippen LogP contribution in [-0.4, -0.2) is 9.97 Å². The van der Waals surface area contributed by atoms with Gasteiger partial charge >= 0.3 is 0 Å². The molecule has 0 fully saturated rings. The van der Waals surface area contributed by atoms with Crippen molar-refractivity contribution in [3.8, 4) is 78.4 Å². The van der Waals surface area contributed by atoms with Crippen LogP contribution in [-0.2, 0) is 0 Å². The second-order valence-corrected chi connectivity index (χ2v) is 11.9. The summed E-state index contributed by atoms with van der Waals surface area (Å²) in [6, 6.07) is 68.0. The Morgan fingerprint density at radius 3 is 0.688 bits per heavy atom. The number of rotatable bonds is 7. The average molecular weight is 613 g/mol. The van der Waals surface area contributed by atoms with E-state index >= 15 is 0 Å². The van der Waals surface area contributed by atoms with Crippen molar-refractivity contribution in [1.29, 1.82) is 0 Å². The topological polar surface area (TPSA) is 25.8 Å². The zero-order valence-electron chi connectivity index (χ0n) is 26.4. The van der Waals surface area contributed by atoms with Gasteiger partial charge in [0.25, 0.3) is 0 Å². The van der Waals surface area contributed by atoms with E-state index in [1.807, 2.05) is 12.1 Å². The first-order valence-electron chi connectivity index (χ1n) is 16.2. The molecule has 0 aliphatic rings. The normalized spacial score (nSPS) is 10.9. The first kappa shape index (κ1) is 29.1. The van der Waals surface area contributed by atoms with Gasteiger partial charge in [-0.15, -0.1) is 0 Å². The molecule has 8 rings (SSSR count). The molecular formula is C46H32N2. The van der Waals surface area contributed by atoms with Crippen molar-refractivity contribution in [3.05, 3.63) is 194 Å². The van der Waals surface area contributed by atoms with Gasteiger partial charge in [0.2, 0.25) is 0 Å². The largest absolute Gasteiger partial charge is 0.248 e. The van der Waals surface area contributed by atoms with Gasteiger partial charge in [0.15, 0.2) is 0 Å². The van der Waals surface area contributed by atoms with Crippen molar-refractivity contribution in [2.75, 3.05) is 0 Å². The lowest BCUT2D eigenvalue weighted by atomic mass is 9.97. The van der Waals surface area contributed by atoms with Crippen molar-refractivity contribution in [2.24, 2.45) is 0 Å². The summed E-state index contributed by atoms with van der Waals surface area (Å²) in [5.41, 5.74) is 15.2. The van der Waals surface area contributed by atoms with E-state index in [-0.39, 0.29) is 0 Å². The van der Waals surface area contributed by atoms with E-state index in [0.29, 0.717) is 0 Å². The lowest BCUT2D eigenvalue weighted by Gasteiger charge is -2.12. The molecule has 0 bridgehead atoms. The molecule has 0 spiro atoms. The Bertz CT molecular complexity index is 2000. The molecule has 48 heavy (non-hydrogen) atoms. The van der Waals surface area contributed by atoms with Gasteiger partial charge in [-0.1, -0.05) is 170 Å². The highest BCUT2D eigenvalue weighted by Gasteiger charge is 2.11. The number of hydrogen-bond donors (Lipinski definition) is 0. The Hall–Kier alpha value is -6.38. The predicted octanol–water partition coefficient (Wildman–Crippen LogP) is 12.1. The van der Waals surface area contributed by atoms with Gasteiger partial charge in [-0.3, -0.25) is 0 Å². The summed E-state index contributed by atoms with van der Waals surface area (Å²) in [5.74, 6) is 0. The molecule has 6 aromatic carbocycles. The molecule has 0 aliphatic heterocycles. The molecule has 0 saturated carbocycles. The third-order valence-electron chi connectivity index (χ3n) is 8.70. The number of hydrogen-bond acceptors (Lipinski definition) is 2. The average Bonchev–Trinajstić information content (AvgIpc) is 3.19. The van der Waals surface area contributed by atoms with Gasteiger partial charge in [-0.25, -0.2) is 9.97 Å². The van der Waals surface area contributed by atoms with Gasteiger partial charge < -0.3 is 0 Å². The van der Waals surface area contributed by atoms with Crippen LogP contribution < -0.4 is 0 Å². The molecule has 226 valence electrons. The summed E-state index contributed by atoms with van der Waals surface area (Å²) >= 11 is 0. The van der Waals surface area contributed by atoms with Crippen molar-refractivity contribution >= 4 is 0 Å². The monoisotopic (exact) mass is 612 g/mol. The van der Waals surface area contributed by atoms with Gasteiger partial charge in [0, 0.05) is 22.3 Å². The van der Waals surface area contributed by atoms with E-state index in [2.05, 4.69) is 182 Å². The minimum absolute atomic E-state index is 0.954. The molecule has 2 heterocycles. The second kappa shape index (κ2) is 13.2. The summed E-state index contributed by atoms with van der Waals surface area (Å²) in [4.78, 5) is 10.2. The molecule has 0 aliphatic carbocycles. The molecule has 0 radical (unpaired) electrons. The number of aromatic nitrogens is 2. The van der Waals surface area contributed by atoms with Crippen LogP contribution in [0.5, 0.6) is 0 Å². The Balaban J connectivity index is 1.11. The molecule has 2 aromatic heterocycles. The molecule has 0 atom stereocenters. The quantitative estimate of drug-likeness (QED) is 0.179. The van der Waals surface area contributed by atoms with Gasteiger partial charge in [0.05, 0.1) is 22.8 Å². The molecule has 0 unspecified atom stereocenters. The molecule has 0 amide bonds. The molecule has 8 aromatic rings. The first-order valence-corrected chi connectivity index (χ1v) is 16.2. The maximum absolute atomic E-state index is 5.10. The van der Waals surface area contributed by atoms with Crippen LogP contribution in [0.2, 0.25) is 0 Å². The van der Waals surface area contributed by atoms with Crippen LogP contribution in [0, 0.1) is 0 Å². The fraction of sp³-hybridized carbons (Fsp3) is 0. The molecule has 2 heteroatoms. The van der Waals surface area contributed by atoms with Gasteiger partial charge in [-0.2, -0.15) is 0 Å². The van der Waals surface area contributed by atoms with E-state index in [9.17, 15) is 0 Å².